The first-order valence-electron chi connectivity index (χ1n) is 10.8. The van der Waals surface area contributed by atoms with Gasteiger partial charge in [-0.1, -0.05) is 41.4 Å². The summed E-state index contributed by atoms with van der Waals surface area (Å²) in [7, 11) is 2.07. The van der Waals surface area contributed by atoms with Crippen LogP contribution in [0.5, 0.6) is 5.75 Å². The first-order valence-corrected chi connectivity index (χ1v) is 11.5. The zero-order valence-electron chi connectivity index (χ0n) is 18.6. The molecule has 1 fully saturated rings. The number of hydrogen-bond donors (Lipinski definition) is 1. The summed E-state index contributed by atoms with van der Waals surface area (Å²) in [6.07, 6.45) is 1.24. The van der Waals surface area contributed by atoms with Crippen LogP contribution < -0.4 is 10.5 Å². The first kappa shape index (κ1) is 23.4. The van der Waals surface area contributed by atoms with Crippen molar-refractivity contribution >= 4 is 34.9 Å². The van der Waals surface area contributed by atoms with Gasteiger partial charge in [-0.3, -0.25) is 4.79 Å². The lowest BCUT2D eigenvalue weighted by molar-refractivity contribution is 0.0664. The average molecular weight is 485 g/mol. The minimum atomic E-state index is -0.435. The van der Waals surface area contributed by atoms with Crippen LogP contribution in [0.15, 0.2) is 54.7 Å². The zero-order chi connectivity index (χ0) is 23.5. The summed E-state index contributed by atoms with van der Waals surface area (Å²) in [5.41, 5.74) is 9.07. The number of rotatable bonds is 5. The number of amides is 1. The first-order chi connectivity index (χ1) is 15.8. The van der Waals surface area contributed by atoms with Crippen molar-refractivity contribution in [2.75, 3.05) is 39.0 Å². The van der Waals surface area contributed by atoms with Crippen LogP contribution >= 0.6 is 23.2 Å². The Labute approximate surface area is 203 Å². The second-order valence-electron chi connectivity index (χ2n) is 8.18. The van der Waals surface area contributed by atoms with E-state index in [2.05, 4.69) is 16.9 Å². The maximum atomic E-state index is 13.0. The molecule has 1 aliphatic heterocycles. The number of halogens is 2. The molecule has 0 saturated carbocycles. The third-order valence-corrected chi connectivity index (χ3v) is 6.48. The molecule has 0 bridgehead atoms. The van der Waals surface area contributed by atoms with Crippen LogP contribution in [-0.4, -0.2) is 53.9 Å². The Bertz CT molecular complexity index is 1140. The summed E-state index contributed by atoms with van der Waals surface area (Å²) >= 11 is 12.7. The number of ether oxygens (including phenoxy) is 1. The molecule has 3 aromatic rings. The SMILES string of the molecule is CC(Oc1cc(-c2cccc(C(=O)N3CCN(C)CC3)c2)cnc1N)c1c(Cl)cccc1Cl. The number of carbonyl (C=O) groups excluding carboxylic acids is 1. The van der Waals surface area contributed by atoms with Crippen LogP contribution in [0.3, 0.4) is 0 Å². The molecule has 2 N–H and O–H groups in total. The van der Waals surface area contributed by atoms with Gasteiger partial charge in [-0.05, 0) is 49.9 Å². The van der Waals surface area contributed by atoms with E-state index in [1.54, 1.807) is 24.4 Å². The van der Waals surface area contributed by atoms with Crippen molar-refractivity contribution in [3.05, 3.63) is 75.9 Å². The lowest BCUT2D eigenvalue weighted by atomic mass is 10.0. The summed E-state index contributed by atoms with van der Waals surface area (Å²) < 4.78 is 6.10. The van der Waals surface area contributed by atoms with Crippen LogP contribution in [0.2, 0.25) is 10.0 Å². The predicted molar refractivity (Wildman–Crippen MR) is 133 cm³/mol. The third-order valence-electron chi connectivity index (χ3n) is 5.83. The van der Waals surface area contributed by atoms with E-state index in [1.165, 1.54) is 0 Å². The topological polar surface area (TPSA) is 71.7 Å². The number of hydrogen-bond acceptors (Lipinski definition) is 5. The monoisotopic (exact) mass is 484 g/mol. The molecule has 33 heavy (non-hydrogen) atoms. The van der Waals surface area contributed by atoms with E-state index in [4.69, 9.17) is 33.7 Å². The maximum Gasteiger partial charge on any atom is 0.253 e. The quantitative estimate of drug-likeness (QED) is 0.540. The minimum Gasteiger partial charge on any atom is -0.482 e. The molecule has 2 aromatic carbocycles. The Kier molecular flexibility index (Phi) is 7.08. The van der Waals surface area contributed by atoms with Gasteiger partial charge in [-0.2, -0.15) is 0 Å². The van der Waals surface area contributed by atoms with Gasteiger partial charge in [0.25, 0.3) is 5.91 Å². The van der Waals surface area contributed by atoms with Gasteiger partial charge in [-0.25, -0.2) is 4.98 Å². The number of carbonyl (C=O) groups is 1. The van der Waals surface area contributed by atoms with Crippen molar-refractivity contribution in [2.45, 2.75) is 13.0 Å². The van der Waals surface area contributed by atoms with Gasteiger partial charge < -0.3 is 20.3 Å². The highest BCUT2D eigenvalue weighted by atomic mass is 35.5. The van der Waals surface area contributed by atoms with E-state index in [-0.39, 0.29) is 11.7 Å². The highest BCUT2D eigenvalue weighted by molar-refractivity contribution is 6.36. The fourth-order valence-corrected chi connectivity index (χ4v) is 4.58. The van der Waals surface area contributed by atoms with Crippen molar-refractivity contribution in [3.8, 4) is 16.9 Å². The van der Waals surface area contributed by atoms with Crippen LogP contribution in [0.25, 0.3) is 11.1 Å². The molecule has 4 rings (SSSR count). The number of anilines is 1. The number of benzene rings is 2. The van der Waals surface area contributed by atoms with E-state index < -0.39 is 6.10 Å². The summed E-state index contributed by atoms with van der Waals surface area (Å²) in [6.45, 7) is 5.06. The smallest absolute Gasteiger partial charge is 0.253 e. The molecule has 0 aliphatic carbocycles. The molecule has 1 aromatic heterocycles. The van der Waals surface area contributed by atoms with Crippen molar-refractivity contribution in [2.24, 2.45) is 0 Å². The molecule has 1 atom stereocenters. The molecule has 1 amide bonds. The standard InChI is InChI=1S/C25H26Cl2N4O2/c1-16(23-20(26)7-4-8-21(23)27)33-22-14-19(15-29-24(22)28)17-5-3-6-18(13-17)25(32)31-11-9-30(2)10-12-31/h3-8,13-16H,9-12H2,1-2H3,(H2,28,29). The van der Waals surface area contributed by atoms with Gasteiger partial charge in [-0.15, -0.1) is 0 Å². The van der Waals surface area contributed by atoms with E-state index in [9.17, 15) is 4.79 Å². The van der Waals surface area contributed by atoms with E-state index in [0.717, 1.165) is 37.3 Å². The van der Waals surface area contributed by atoms with Gasteiger partial charge in [0.05, 0.1) is 0 Å². The van der Waals surface area contributed by atoms with Crippen molar-refractivity contribution in [3.63, 3.8) is 0 Å². The van der Waals surface area contributed by atoms with Gasteiger partial charge in [0.2, 0.25) is 0 Å². The van der Waals surface area contributed by atoms with Gasteiger partial charge in [0.1, 0.15) is 6.10 Å². The molecular weight excluding hydrogens is 459 g/mol. The maximum absolute atomic E-state index is 13.0. The molecule has 0 spiro atoms. The number of likely N-dealkylation sites (N-methyl/N-ethyl adjacent to an activating group) is 1. The van der Waals surface area contributed by atoms with Crippen molar-refractivity contribution in [1.29, 1.82) is 0 Å². The number of pyridine rings is 1. The Morgan fingerprint density at radius 3 is 2.39 bits per heavy atom. The Hall–Kier alpha value is -2.80. The van der Waals surface area contributed by atoms with Crippen molar-refractivity contribution < 1.29 is 9.53 Å². The zero-order valence-corrected chi connectivity index (χ0v) is 20.1. The van der Waals surface area contributed by atoms with Gasteiger partial charge in [0, 0.05) is 59.1 Å². The third kappa shape index (κ3) is 5.24. The van der Waals surface area contributed by atoms with Gasteiger partial charge in [0.15, 0.2) is 11.6 Å². The molecule has 1 unspecified atom stereocenters. The van der Waals surface area contributed by atoms with E-state index in [0.29, 0.717) is 26.9 Å². The Morgan fingerprint density at radius 2 is 1.70 bits per heavy atom. The molecule has 172 valence electrons. The van der Waals surface area contributed by atoms with E-state index in [1.807, 2.05) is 42.2 Å². The Morgan fingerprint density at radius 1 is 1.03 bits per heavy atom. The number of nitrogen functional groups attached to an aromatic ring is 1. The Balaban J connectivity index is 1.58. The fourth-order valence-electron chi connectivity index (χ4n) is 3.88. The summed E-state index contributed by atoms with van der Waals surface area (Å²) in [5, 5.41) is 1.04. The highest BCUT2D eigenvalue weighted by Gasteiger charge is 2.21. The van der Waals surface area contributed by atoms with E-state index >= 15 is 0 Å². The lowest BCUT2D eigenvalue weighted by Gasteiger charge is -2.32. The largest absolute Gasteiger partial charge is 0.482 e. The summed E-state index contributed by atoms with van der Waals surface area (Å²) in [5.74, 6) is 0.719. The molecule has 1 saturated heterocycles. The summed E-state index contributed by atoms with van der Waals surface area (Å²) in [4.78, 5) is 21.4. The number of nitrogens with zero attached hydrogens (tertiary/aromatic N) is 3. The molecule has 6 nitrogen and oxygen atoms in total. The molecule has 2 heterocycles. The fraction of sp³-hybridized carbons (Fsp3) is 0.280. The second-order valence-corrected chi connectivity index (χ2v) is 8.99. The van der Waals surface area contributed by atoms with Crippen LogP contribution in [0, 0.1) is 0 Å². The second kappa shape index (κ2) is 10.00. The molecule has 8 heteroatoms. The number of piperazine rings is 1. The summed E-state index contributed by atoms with van der Waals surface area (Å²) in [6, 6.07) is 14.7. The molecular formula is C25H26Cl2N4O2. The van der Waals surface area contributed by atoms with Gasteiger partial charge >= 0.3 is 0 Å². The lowest BCUT2D eigenvalue weighted by Crippen LogP contribution is -2.47. The number of aromatic nitrogens is 1. The number of nitrogens with two attached hydrogens (primary N) is 1. The van der Waals surface area contributed by atoms with Crippen LogP contribution in [0.4, 0.5) is 5.82 Å². The average Bonchev–Trinajstić information content (AvgIpc) is 2.80. The van der Waals surface area contributed by atoms with Crippen LogP contribution in [-0.2, 0) is 0 Å². The van der Waals surface area contributed by atoms with Crippen LogP contribution in [0.1, 0.15) is 28.9 Å². The normalized spacial score (nSPS) is 15.3. The highest BCUT2D eigenvalue weighted by Crippen LogP contribution is 2.35. The predicted octanol–water partition coefficient (Wildman–Crippen LogP) is 5.17. The van der Waals surface area contributed by atoms with Crippen molar-refractivity contribution in [1.82, 2.24) is 14.8 Å². The molecule has 1 aliphatic rings. The molecule has 0 radical (unpaired) electrons. The minimum absolute atomic E-state index is 0.0341.